The number of rotatable bonds is 5. The van der Waals surface area contributed by atoms with Crippen molar-refractivity contribution in [1.29, 1.82) is 0 Å². The third-order valence-corrected chi connectivity index (χ3v) is 4.13. The Hall–Kier alpha value is -0.210. The summed E-state index contributed by atoms with van der Waals surface area (Å²) >= 11 is 0. The van der Waals surface area contributed by atoms with Crippen molar-refractivity contribution in [2.75, 3.05) is 0 Å². The molecule has 0 aromatic rings. The standard InChI is InChI=1S/C12H21F3/c1-4-7-10(8-5-2)9-11(10,6-3)12(13,14)15/h4-9H2,1-3H3. The van der Waals surface area contributed by atoms with Crippen LogP contribution in [0.15, 0.2) is 0 Å². The highest BCUT2D eigenvalue weighted by Crippen LogP contribution is 2.76. The van der Waals surface area contributed by atoms with Crippen LogP contribution in [0.2, 0.25) is 0 Å². The molecule has 0 amide bonds. The first-order chi connectivity index (χ1) is 6.89. The van der Waals surface area contributed by atoms with Gasteiger partial charge in [0.15, 0.2) is 0 Å². The van der Waals surface area contributed by atoms with Gasteiger partial charge in [0.25, 0.3) is 0 Å². The predicted molar refractivity (Wildman–Crippen MR) is 55.6 cm³/mol. The summed E-state index contributed by atoms with van der Waals surface area (Å²) in [6, 6.07) is 0. The van der Waals surface area contributed by atoms with Gasteiger partial charge in [-0.25, -0.2) is 0 Å². The lowest BCUT2D eigenvalue weighted by Gasteiger charge is -2.27. The summed E-state index contributed by atoms with van der Waals surface area (Å²) in [7, 11) is 0. The number of halogens is 3. The second-order valence-corrected chi connectivity index (χ2v) is 4.89. The van der Waals surface area contributed by atoms with E-state index in [1.807, 2.05) is 13.8 Å². The highest BCUT2D eigenvalue weighted by molar-refractivity contribution is 5.16. The molecule has 1 aliphatic rings. The molecule has 1 atom stereocenters. The summed E-state index contributed by atoms with van der Waals surface area (Å²) in [5, 5.41) is 0. The topological polar surface area (TPSA) is 0 Å². The zero-order valence-electron chi connectivity index (χ0n) is 9.88. The molecule has 0 aromatic carbocycles. The van der Waals surface area contributed by atoms with Crippen LogP contribution in [0.3, 0.4) is 0 Å². The maximum atomic E-state index is 13.0. The fourth-order valence-electron chi connectivity index (χ4n) is 3.37. The molecule has 1 aliphatic carbocycles. The molecule has 1 unspecified atom stereocenters. The van der Waals surface area contributed by atoms with Crippen molar-refractivity contribution in [1.82, 2.24) is 0 Å². The van der Waals surface area contributed by atoms with Crippen molar-refractivity contribution in [3.05, 3.63) is 0 Å². The second-order valence-electron chi connectivity index (χ2n) is 4.89. The lowest BCUT2D eigenvalue weighted by molar-refractivity contribution is -0.201. The number of hydrogen-bond acceptors (Lipinski definition) is 0. The fraction of sp³-hybridized carbons (Fsp3) is 1.00. The highest BCUT2D eigenvalue weighted by atomic mass is 19.4. The van der Waals surface area contributed by atoms with Crippen LogP contribution >= 0.6 is 0 Å². The van der Waals surface area contributed by atoms with Gasteiger partial charge in [-0.3, -0.25) is 0 Å². The van der Waals surface area contributed by atoms with Gasteiger partial charge in [0.05, 0.1) is 5.41 Å². The lowest BCUT2D eigenvalue weighted by atomic mass is 9.83. The molecule has 1 saturated carbocycles. The molecule has 90 valence electrons. The van der Waals surface area contributed by atoms with E-state index in [9.17, 15) is 13.2 Å². The van der Waals surface area contributed by atoms with Gasteiger partial charge >= 0.3 is 6.18 Å². The van der Waals surface area contributed by atoms with Gasteiger partial charge in [0.1, 0.15) is 0 Å². The Labute approximate surface area is 90.2 Å². The minimum Gasteiger partial charge on any atom is -0.170 e. The first-order valence-corrected chi connectivity index (χ1v) is 5.96. The van der Waals surface area contributed by atoms with Crippen LogP contribution in [-0.4, -0.2) is 6.18 Å². The van der Waals surface area contributed by atoms with Gasteiger partial charge in [-0.15, -0.1) is 0 Å². The summed E-state index contributed by atoms with van der Waals surface area (Å²) in [4.78, 5) is 0. The van der Waals surface area contributed by atoms with Crippen LogP contribution in [0, 0.1) is 10.8 Å². The van der Waals surface area contributed by atoms with Gasteiger partial charge in [-0.05, 0) is 31.1 Å². The van der Waals surface area contributed by atoms with E-state index in [-0.39, 0.29) is 6.42 Å². The van der Waals surface area contributed by atoms with Crippen molar-refractivity contribution in [2.24, 2.45) is 10.8 Å². The molecule has 0 nitrogen and oxygen atoms in total. The van der Waals surface area contributed by atoms with E-state index >= 15 is 0 Å². The smallest absolute Gasteiger partial charge is 0.170 e. The number of alkyl halides is 3. The molecule has 1 rings (SSSR count). The quantitative estimate of drug-likeness (QED) is 0.618. The van der Waals surface area contributed by atoms with Crippen LogP contribution in [0.1, 0.15) is 59.3 Å². The molecule has 1 fully saturated rings. The van der Waals surface area contributed by atoms with E-state index in [1.165, 1.54) is 0 Å². The first kappa shape index (κ1) is 12.9. The molecule has 0 N–H and O–H groups in total. The minimum atomic E-state index is -4.01. The molecule has 0 bridgehead atoms. The van der Waals surface area contributed by atoms with E-state index < -0.39 is 17.0 Å². The SMILES string of the molecule is CCCC1(CCC)CC1(CC)C(F)(F)F. The van der Waals surface area contributed by atoms with E-state index in [4.69, 9.17) is 0 Å². The van der Waals surface area contributed by atoms with Crippen molar-refractivity contribution in [2.45, 2.75) is 65.5 Å². The van der Waals surface area contributed by atoms with Crippen LogP contribution in [0.4, 0.5) is 13.2 Å². The number of hydrogen-bond donors (Lipinski definition) is 0. The van der Waals surface area contributed by atoms with Crippen molar-refractivity contribution >= 4 is 0 Å². The summed E-state index contributed by atoms with van der Waals surface area (Å²) in [6.45, 7) is 5.64. The van der Waals surface area contributed by atoms with E-state index in [1.54, 1.807) is 6.92 Å². The summed E-state index contributed by atoms with van der Waals surface area (Å²) in [6.07, 6.45) is -0.220. The maximum absolute atomic E-state index is 13.0. The Morgan fingerprint density at radius 2 is 1.47 bits per heavy atom. The first-order valence-electron chi connectivity index (χ1n) is 5.96. The highest BCUT2D eigenvalue weighted by Gasteiger charge is 2.76. The fourth-order valence-corrected chi connectivity index (χ4v) is 3.37. The van der Waals surface area contributed by atoms with E-state index in [0.717, 1.165) is 25.7 Å². The zero-order valence-corrected chi connectivity index (χ0v) is 9.88. The van der Waals surface area contributed by atoms with Crippen molar-refractivity contribution in [3.8, 4) is 0 Å². The molecule has 0 spiro atoms. The van der Waals surface area contributed by atoms with Gasteiger partial charge in [-0.2, -0.15) is 13.2 Å². The molecule has 0 aliphatic heterocycles. The Morgan fingerprint density at radius 3 is 1.67 bits per heavy atom. The molecule has 0 saturated heterocycles. The molecule has 3 heteroatoms. The monoisotopic (exact) mass is 222 g/mol. The summed E-state index contributed by atoms with van der Waals surface area (Å²) < 4.78 is 39.1. The van der Waals surface area contributed by atoms with E-state index in [0.29, 0.717) is 6.42 Å². The van der Waals surface area contributed by atoms with Crippen LogP contribution in [-0.2, 0) is 0 Å². The van der Waals surface area contributed by atoms with E-state index in [2.05, 4.69) is 0 Å². The largest absolute Gasteiger partial charge is 0.395 e. The summed E-state index contributed by atoms with van der Waals surface area (Å²) in [5.74, 6) is 0. The minimum absolute atomic E-state index is 0.247. The Balaban J connectivity index is 2.87. The Morgan fingerprint density at radius 1 is 1.00 bits per heavy atom. The van der Waals surface area contributed by atoms with Gasteiger partial charge in [0, 0.05) is 0 Å². The van der Waals surface area contributed by atoms with Gasteiger partial charge < -0.3 is 0 Å². The summed E-state index contributed by atoms with van der Waals surface area (Å²) in [5.41, 5.74) is -1.78. The molecular weight excluding hydrogens is 201 g/mol. The maximum Gasteiger partial charge on any atom is 0.395 e. The predicted octanol–water partition coefficient (Wildman–Crippen LogP) is 4.94. The normalized spacial score (nSPS) is 29.2. The van der Waals surface area contributed by atoms with Crippen molar-refractivity contribution in [3.63, 3.8) is 0 Å². The molecule has 0 radical (unpaired) electrons. The van der Waals surface area contributed by atoms with Crippen LogP contribution in [0.5, 0.6) is 0 Å². The van der Waals surface area contributed by atoms with Crippen LogP contribution < -0.4 is 0 Å². The average Bonchev–Trinajstić information content (AvgIpc) is 2.75. The Bertz CT molecular complexity index is 213. The van der Waals surface area contributed by atoms with Crippen molar-refractivity contribution < 1.29 is 13.2 Å². The lowest BCUT2D eigenvalue weighted by Crippen LogP contribution is -2.30. The van der Waals surface area contributed by atoms with Gasteiger partial charge in [0.2, 0.25) is 0 Å². The average molecular weight is 222 g/mol. The van der Waals surface area contributed by atoms with Gasteiger partial charge in [-0.1, -0.05) is 33.6 Å². The second kappa shape index (κ2) is 3.99. The zero-order chi connectivity index (χ0) is 11.7. The molecule has 0 heterocycles. The molecule has 15 heavy (non-hydrogen) atoms. The third kappa shape index (κ3) is 1.78. The molecular formula is C12H21F3. The Kier molecular flexibility index (Phi) is 3.42. The molecule has 0 aromatic heterocycles. The third-order valence-electron chi connectivity index (χ3n) is 4.13. The van der Waals surface area contributed by atoms with Crippen LogP contribution in [0.25, 0.3) is 0 Å².